The predicted octanol–water partition coefficient (Wildman–Crippen LogP) is 3.84. The van der Waals surface area contributed by atoms with E-state index in [9.17, 15) is 9.59 Å². The molecule has 0 saturated heterocycles. The highest BCUT2D eigenvalue weighted by molar-refractivity contribution is 6.05. The summed E-state index contributed by atoms with van der Waals surface area (Å²) in [5.41, 5.74) is 2.54. The summed E-state index contributed by atoms with van der Waals surface area (Å²) in [6.45, 7) is 4.21. The number of aromatic nitrogens is 1. The topological polar surface area (TPSA) is 77.5 Å². The highest BCUT2D eigenvalue weighted by atomic mass is 16.5. The van der Waals surface area contributed by atoms with Crippen molar-refractivity contribution >= 4 is 22.8 Å². The van der Waals surface area contributed by atoms with Crippen LogP contribution < -0.4 is 10.1 Å². The lowest BCUT2D eigenvalue weighted by Gasteiger charge is -2.11. The number of ether oxygens (including phenoxy) is 2. The number of nitrogens with zero attached hydrogens (tertiary/aromatic N) is 1. The Morgan fingerprint density at radius 1 is 1.07 bits per heavy atom. The van der Waals surface area contributed by atoms with Crippen LogP contribution in [0.1, 0.15) is 24.2 Å². The smallest absolute Gasteiger partial charge is 0.339 e. The summed E-state index contributed by atoms with van der Waals surface area (Å²) in [6, 6.07) is 16.5. The third-order valence-electron chi connectivity index (χ3n) is 4.36. The zero-order chi connectivity index (χ0) is 20.8. The van der Waals surface area contributed by atoms with Crippen LogP contribution in [0.5, 0.6) is 5.75 Å². The molecule has 6 heteroatoms. The summed E-state index contributed by atoms with van der Waals surface area (Å²) in [6.07, 6.45) is 0. The number of fused-ring (bicyclic) bond motifs is 1. The molecule has 2 aromatic carbocycles. The number of nitrogens with one attached hydrogen (secondary N) is 1. The minimum absolute atomic E-state index is 0.319. The third kappa shape index (κ3) is 5.10. The Balaban J connectivity index is 1.87. The summed E-state index contributed by atoms with van der Waals surface area (Å²) in [7, 11) is 1.61. The minimum Gasteiger partial charge on any atom is -0.497 e. The van der Waals surface area contributed by atoms with Crippen molar-refractivity contribution in [2.45, 2.75) is 13.8 Å². The number of hydrogen-bond donors (Lipinski definition) is 1. The molecule has 0 aliphatic carbocycles. The van der Waals surface area contributed by atoms with Gasteiger partial charge in [0.1, 0.15) is 5.75 Å². The summed E-state index contributed by atoms with van der Waals surface area (Å²) < 4.78 is 10.5. The fourth-order valence-electron chi connectivity index (χ4n) is 2.83. The SMILES string of the molecule is COc1ccc(-c2cc(C(=O)OCC(=O)NCC(C)C)c3ccccc3n2)cc1. The van der Waals surface area contributed by atoms with Crippen LogP contribution in [0.2, 0.25) is 0 Å². The van der Waals surface area contributed by atoms with Crippen molar-refractivity contribution in [3.05, 3.63) is 60.2 Å². The molecule has 0 spiro atoms. The normalized spacial score (nSPS) is 10.8. The van der Waals surface area contributed by atoms with Gasteiger partial charge in [-0.1, -0.05) is 32.0 Å². The zero-order valence-corrected chi connectivity index (χ0v) is 16.8. The molecule has 0 fully saturated rings. The van der Waals surface area contributed by atoms with Crippen LogP contribution in [0.25, 0.3) is 22.2 Å². The van der Waals surface area contributed by atoms with Gasteiger partial charge in [-0.25, -0.2) is 9.78 Å². The quantitative estimate of drug-likeness (QED) is 0.618. The first kappa shape index (κ1) is 20.3. The first-order valence-corrected chi connectivity index (χ1v) is 9.46. The molecule has 0 aliphatic heterocycles. The van der Waals surface area contributed by atoms with E-state index >= 15 is 0 Å². The lowest BCUT2D eigenvalue weighted by atomic mass is 10.0. The van der Waals surface area contributed by atoms with E-state index in [1.807, 2.05) is 62.4 Å². The zero-order valence-electron chi connectivity index (χ0n) is 16.8. The Labute approximate surface area is 169 Å². The minimum atomic E-state index is -0.557. The van der Waals surface area contributed by atoms with E-state index in [-0.39, 0.29) is 12.5 Å². The predicted molar refractivity (Wildman–Crippen MR) is 112 cm³/mol. The van der Waals surface area contributed by atoms with Crippen LogP contribution in [-0.4, -0.2) is 37.1 Å². The number of esters is 1. The van der Waals surface area contributed by atoms with E-state index in [4.69, 9.17) is 9.47 Å². The molecule has 0 bridgehead atoms. The molecule has 0 radical (unpaired) electrons. The van der Waals surface area contributed by atoms with Crippen LogP contribution in [0.15, 0.2) is 54.6 Å². The second kappa shape index (κ2) is 9.19. The third-order valence-corrected chi connectivity index (χ3v) is 4.36. The maximum atomic E-state index is 12.7. The van der Waals surface area contributed by atoms with E-state index in [1.165, 1.54) is 0 Å². The molecule has 0 unspecified atom stereocenters. The molecular weight excluding hydrogens is 368 g/mol. The summed E-state index contributed by atoms with van der Waals surface area (Å²) >= 11 is 0. The van der Waals surface area contributed by atoms with E-state index in [0.717, 1.165) is 11.3 Å². The number of methoxy groups -OCH3 is 1. The Morgan fingerprint density at radius 3 is 2.48 bits per heavy atom. The molecule has 1 aromatic heterocycles. The standard InChI is InChI=1S/C23H24N2O4/c1-15(2)13-24-22(26)14-29-23(27)19-12-21(16-8-10-17(28-3)11-9-16)25-20-7-5-4-6-18(19)20/h4-12,15H,13-14H2,1-3H3,(H,24,26). The Bertz CT molecular complexity index is 1010. The van der Waals surface area contributed by atoms with Crippen molar-refractivity contribution in [1.29, 1.82) is 0 Å². The van der Waals surface area contributed by atoms with Crippen LogP contribution >= 0.6 is 0 Å². The van der Waals surface area contributed by atoms with Crippen molar-refractivity contribution in [2.75, 3.05) is 20.3 Å². The lowest BCUT2D eigenvalue weighted by molar-refractivity contribution is -0.124. The number of benzene rings is 2. The number of carbonyl (C=O) groups excluding carboxylic acids is 2. The second-order valence-electron chi connectivity index (χ2n) is 7.07. The van der Waals surface area contributed by atoms with E-state index < -0.39 is 5.97 Å². The molecule has 0 atom stereocenters. The molecule has 1 N–H and O–H groups in total. The highest BCUT2D eigenvalue weighted by Gasteiger charge is 2.16. The van der Waals surface area contributed by atoms with Crippen LogP contribution in [-0.2, 0) is 9.53 Å². The summed E-state index contributed by atoms with van der Waals surface area (Å²) in [5.74, 6) is 0.186. The molecule has 1 heterocycles. The van der Waals surface area contributed by atoms with Gasteiger partial charge in [0, 0.05) is 17.5 Å². The van der Waals surface area contributed by atoms with Gasteiger partial charge in [0.25, 0.3) is 5.91 Å². The molecular formula is C23H24N2O4. The highest BCUT2D eigenvalue weighted by Crippen LogP contribution is 2.26. The number of para-hydroxylation sites is 1. The van der Waals surface area contributed by atoms with E-state index in [0.29, 0.717) is 34.6 Å². The number of rotatable bonds is 7. The van der Waals surface area contributed by atoms with Crippen LogP contribution in [0.4, 0.5) is 0 Å². The maximum Gasteiger partial charge on any atom is 0.339 e. The number of amides is 1. The lowest BCUT2D eigenvalue weighted by Crippen LogP contribution is -2.31. The molecule has 150 valence electrons. The largest absolute Gasteiger partial charge is 0.497 e. The first-order chi connectivity index (χ1) is 14.0. The van der Waals surface area contributed by atoms with Gasteiger partial charge in [-0.15, -0.1) is 0 Å². The molecule has 29 heavy (non-hydrogen) atoms. The second-order valence-corrected chi connectivity index (χ2v) is 7.07. The fraction of sp³-hybridized carbons (Fsp3) is 0.261. The first-order valence-electron chi connectivity index (χ1n) is 9.46. The van der Waals surface area contributed by atoms with Crippen molar-refractivity contribution < 1.29 is 19.1 Å². The fourth-order valence-corrected chi connectivity index (χ4v) is 2.83. The molecule has 6 nitrogen and oxygen atoms in total. The molecule has 1 amide bonds. The average molecular weight is 392 g/mol. The molecule has 3 rings (SSSR count). The van der Waals surface area contributed by atoms with E-state index in [2.05, 4.69) is 10.3 Å². The van der Waals surface area contributed by atoms with Crippen molar-refractivity contribution in [3.8, 4) is 17.0 Å². The molecule has 3 aromatic rings. The Kier molecular flexibility index (Phi) is 6.44. The van der Waals surface area contributed by atoms with Crippen molar-refractivity contribution in [3.63, 3.8) is 0 Å². The van der Waals surface area contributed by atoms with Gasteiger partial charge in [0.05, 0.1) is 23.9 Å². The van der Waals surface area contributed by atoms with E-state index in [1.54, 1.807) is 13.2 Å². The number of carbonyl (C=O) groups is 2. The maximum absolute atomic E-state index is 12.7. The van der Waals surface area contributed by atoms with Gasteiger partial charge >= 0.3 is 5.97 Å². The van der Waals surface area contributed by atoms with Gasteiger partial charge in [-0.2, -0.15) is 0 Å². The van der Waals surface area contributed by atoms with Gasteiger partial charge < -0.3 is 14.8 Å². The van der Waals surface area contributed by atoms with Crippen LogP contribution in [0, 0.1) is 5.92 Å². The van der Waals surface area contributed by atoms with Gasteiger partial charge in [-0.05, 0) is 42.3 Å². The number of hydrogen-bond acceptors (Lipinski definition) is 5. The van der Waals surface area contributed by atoms with Crippen molar-refractivity contribution in [1.82, 2.24) is 10.3 Å². The summed E-state index contributed by atoms with van der Waals surface area (Å²) in [4.78, 5) is 29.3. The summed E-state index contributed by atoms with van der Waals surface area (Å²) in [5, 5.41) is 3.41. The molecule has 0 saturated carbocycles. The van der Waals surface area contributed by atoms with Crippen LogP contribution in [0.3, 0.4) is 0 Å². The van der Waals surface area contributed by atoms with Gasteiger partial charge in [0.2, 0.25) is 0 Å². The van der Waals surface area contributed by atoms with Gasteiger partial charge in [-0.3, -0.25) is 4.79 Å². The number of pyridine rings is 1. The average Bonchev–Trinajstić information content (AvgIpc) is 2.75. The monoisotopic (exact) mass is 392 g/mol. The Hall–Kier alpha value is -3.41. The van der Waals surface area contributed by atoms with Gasteiger partial charge in [0.15, 0.2) is 6.61 Å². The Morgan fingerprint density at radius 2 is 1.79 bits per heavy atom. The molecule has 0 aliphatic rings. The van der Waals surface area contributed by atoms with Crippen molar-refractivity contribution in [2.24, 2.45) is 5.92 Å².